The number of piperidine rings is 1. The Morgan fingerprint density at radius 3 is 2.58 bits per heavy atom. The minimum Gasteiger partial charge on any atom is -0.489 e. The summed E-state index contributed by atoms with van der Waals surface area (Å²) in [4.78, 5) is 23.5. The van der Waals surface area contributed by atoms with Gasteiger partial charge in [-0.15, -0.1) is 0 Å². The molecule has 1 unspecified atom stereocenters. The van der Waals surface area contributed by atoms with Crippen LogP contribution in [0.2, 0.25) is 0 Å². The van der Waals surface area contributed by atoms with Gasteiger partial charge in [-0.25, -0.2) is 0 Å². The second-order valence-electron chi connectivity index (χ2n) is 5.83. The van der Waals surface area contributed by atoms with Crippen LogP contribution in [0.1, 0.15) is 18.4 Å². The van der Waals surface area contributed by atoms with Crippen LogP contribution in [0.5, 0.6) is 5.75 Å². The molecule has 24 heavy (non-hydrogen) atoms. The SMILES string of the molecule is O=C1CC(C(=O)Nc2ccc(OCc3ccccc3)cc2)CCN1. The summed E-state index contributed by atoms with van der Waals surface area (Å²) in [5, 5.41) is 5.59. The third kappa shape index (κ3) is 4.35. The van der Waals surface area contributed by atoms with Crippen molar-refractivity contribution in [2.45, 2.75) is 19.4 Å². The highest BCUT2D eigenvalue weighted by molar-refractivity contribution is 5.95. The smallest absolute Gasteiger partial charge is 0.228 e. The highest BCUT2D eigenvalue weighted by atomic mass is 16.5. The van der Waals surface area contributed by atoms with E-state index in [4.69, 9.17) is 4.74 Å². The lowest BCUT2D eigenvalue weighted by atomic mass is 9.96. The Morgan fingerprint density at radius 1 is 1.12 bits per heavy atom. The normalized spacial score (nSPS) is 17.0. The molecule has 3 rings (SSSR count). The molecule has 1 heterocycles. The standard InChI is InChI=1S/C19H20N2O3/c22-18-12-15(10-11-20-18)19(23)21-16-6-8-17(9-7-16)24-13-14-4-2-1-3-5-14/h1-9,15H,10-13H2,(H,20,22)(H,21,23). The summed E-state index contributed by atoms with van der Waals surface area (Å²) in [5.41, 5.74) is 1.81. The van der Waals surface area contributed by atoms with Gasteiger partial charge in [-0.2, -0.15) is 0 Å². The fourth-order valence-corrected chi connectivity index (χ4v) is 2.63. The second kappa shape index (κ2) is 7.64. The molecule has 0 aromatic heterocycles. The van der Waals surface area contributed by atoms with E-state index in [1.165, 1.54) is 0 Å². The number of hydrogen-bond donors (Lipinski definition) is 2. The van der Waals surface area contributed by atoms with Gasteiger partial charge in [-0.05, 0) is 36.2 Å². The van der Waals surface area contributed by atoms with E-state index in [0.717, 1.165) is 11.3 Å². The summed E-state index contributed by atoms with van der Waals surface area (Å²) < 4.78 is 5.72. The van der Waals surface area contributed by atoms with Crippen molar-refractivity contribution >= 4 is 17.5 Å². The molecule has 1 aliphatic heterocycles. The first-order chi connectivity index (χ1) is 11.7. The zero-order valence-corrected chi connectivity index (χ0v) is 13.3. The summed E-state index contributed by atoms with van der Waals surface area (Å²) in [6.07, 6.45) is 0.931. The van der Waals surface area contributed by atoms with Gasteiger partial charge >= 0.3 is 0 Å². The molecular formula is C19H20N2O3. The Labute approximate surface area is 141 Å². The van der Waals surface area contributed by atoms with Crippen molar-refractivity contribution in [3.8, 4) is 5.75 Å². The highest BCUT2D eigenvalue weighted by Gasteiger charge is 2.25. The summed E-state index contributed by atoms with van der Waals surface area (Å²) >= 11 is 0. The van der Waals surface area contributed by atoms with Gasteiger partial charge in [0.15, 0.2) is 0 Å². The Balaban J connectivity index is 1.52. The van der Waals surface area contributed by atoms with Crippen molar-refractivity contribution in [1.29, 1.82) is 0 Å². The highest BCUT2D eigenvalue weighted by Crippen LogP contribution is 2.19. The first-order valence-electron chi connectivity index (χ1n) is 8.05. The first kappa shape index (κ1) is 16.1. The van der Waals surface area contributed by atoms with Crippen molar-refractivity contribution in [3.05, 3.63) is 60.2 Å². The summed E-state index contributed by atoms with van der Waals surface area (Å²) in [6.45, 7) is 1.06. The molecule has 124 valence electrons. The maximum atomic E-state index is 12.2. The molecule has 2 aromatic rings. The first-order valence-corrected chi connectivity index (χ1v) is 8.05. The van der Waals surface area contributed by atoms with E-state index in [1.54, 1.807) is 12.1 Å². The van der Waals surface area contributed by atoms with Crippen molar-refractivity contribution < 1.29 is 14.3 Å². The van der Waals surface area contributed by atoms with E-state index in [0.29, 0.717) is 25.3 Å². The molecule has 5 nitrogen and oxygen atoms in total. The summed E-state index contributed by atoms with van der Waals surface area (Å²) in [6, 6.07) is 17.2. The Hall–Kier alpha value is -2.82. The second-order valence-corrected chi connectivity index (χ2v) is 5.83. The minimum atomic E-state index is -0.257. The summed E-state index contributed by atoms with van der Waals surface area (Å²) in [7, 11) is 0. The lowest BCUT2D eigenvalue weighted by Gasteiger charge is -2.21. The van der Waals surface area contributed by atoms with Gasteiger partial charge in [0, 0.05) is 24.6 Å². The monoisotopic (exact) mass is 324 g/mol. The maximum Gasteiger partial charge on any atom is 0.228 e. The molecule has 2 aromatic carbocycles. The van der Waals surface area contributed by atoms with Crippen LogP contribution in [0.3, 0.4) is 0 Å². The zero-order chi connectivity index (χ0) is 16.8. The molecular weight excluding hydrogens is 304 g/mol. The number of amides is 2. The molecule has 5 heteroatoms. The molecule has 1 fully saturated rings. The van der Waals surface area contributed by atoms with Crippen LogP contribution in [0.25, 0.3) is 0 Å². The van der Waals surface area contributed by atoms with Crippen molar-refractivity contribution in [3.63, 3.8) is 0 Å². The van der Waals surface area contributed by atoms with Crippen LogP contribution >= 0.6 is 0 Å². The zero-order valence-electron chi connectivity index (χ0n) is 13.3. The topological polar surface area (TPSA) is 67.4 Å². The summed E-state index contributed by atoms with van der Waals surface area (Å²) in [5.74, 6) is 0.315. The number of carbonyl (C=O) groups is 2. The number of carbonyl (C=O) groups excluding carboxylic acids is 2. The molecule has 2 N–H and O–H groups in total. The van der Waals surface area contributed by atoms with E-state index < -0.39 is 0 Å². The fourth-order valence-electron chi connectivity index (χ4n) is 2.63. The fraction of sp³-hybridized carbons (Fsp3) is 0.263. The van der Waals surface area contributed by atoms with Crippen LogP contribution < -0.4 is 15.4 Å². The third-order valence-electron chi connectivity index (χ3n) is 3.99. The number of hydrogen-bond acceptors (Lipinski definition) is 3. The Kier molecular flexibility index (Phi) is 5.11. The average molecular weight is 324 g/mol. The molecule has 0 radical (unpaired) electrons. The minimum absolute atomic E-state index is 0.0638. The van der Waals surface area contributed by atoms with Crippen LogP contribution in [0.15, 0.2) is 54.6 Å². The molecule has 0 aliphatic carbocycles. The van der Waals surface area contributed by atoms with Gasteiger partial charge in [-0.1, -0.05) is 30.3 Å². The molecule has 0 bridgehead atoms. The van der Waals surface area contributed by atoms with E-state index in [9.17, 15) is 9.59 Å². The maximum absolute atomic E-state index is 12.2. The molecule has 0 spiro atoms. The number of ether oxygens (including phenoxy) is 1. The van der Waals surface area contributed by atoms with E-state index in [-0.39, 0.29) is 24.2 Å². The lowest BCUT2D eigenvalue weighted by Crippen LogP contribution is -2.38. The number of nitrogens with one attached hydrogen (secondary N) is 2. The van der Waals surface area contributed by atoms with Gasteiger partial charge in [0.2, 0.25) is 11.8 Å². The molecule has 0 saturated carbocycles. The number of benzene rings is 2. The van der Waals surface area contributed by atoms with Crippen molar-refractivity contribution in [2.24, 2.45) is 5.92 Å². The van der Waals surface area contributed by atoms with Gasteiger partial charge in [0.1, 0.15) is 12.4 Å². The number of anilines is 1. The lowest BCUT2D eigenvalue weighted by molar-refractivity contribution is -0.129. The van der Waals surface area contributed by atoms with Gasteiger partial charge in [-0.3, -0.25) is 9.59 Å². The molecule has 1 aliphatic rings. The van der Waals surface area contributed by atoms with Crippen LogP contribution in [-0.4, -0.2) is 18.4 Å². The van der Waals surface area contributed by atoms with Gasteiger partial charge in [0.05, 0.1) is 0 Å². The molecule has 1 atom stereocenters. The van der Waals surface area contributed by atoms with Crippen LogP contribution in [0, 0.1) is 5.92 Å². The van der Waals surface area contributed by atoms with E-state index >= 15 is 0 Å². The Morgan fingerprint density at radius 2 is 1.88 bits per heavy atom. The van der Waals surface area contributed by atoms with Crippen molar-refractivity contribution in [2.75, 3.05) is 11.9 Å². The third-order valence-corrected chi connectivity index (χ3v) is 3.99. The quantitative estimate of drug-likeness (QED) is 0.888. The van der Waals surface area contributed by atoms with E-state index in [1.807, 2.05) is 42.5 Å². The predicted octanol–water partition coefficient (Wildman–Crippen LogP) is 2.73. The van der Waals surface area contributed by atoms with Crippen molar-refractivity contribution in [1.82, 2.24) is 5.32 Å². The largest absolute Gasteiger partial charge is 0.489 e. The van der Waals surface area contributed by atoms with Crippen LogP contribution in [-0.2, 0) is 16.2 Å². The van der Waals surface area contributed by atoms with E-state index in [2.05, 4.69) is 10.6 Å². The van der Waals surface area contributed by atoms with Gasteiger partial charge in [0.25, 0.3) is 0 Å². The van der Waals surface area contributed by atoms with Crippen LogP contribution in [0.4, 0.5) is 5.69 Å². The molecule has 1 saturated heterocycles. The average Bonchev–Trinajstić information content (AvgIpc) is 2.62. The predicted molar refractivity (Wildman–Crippen MR) is 91.6 cm³/mol. The van der Waals surface area contributed by atoms with Gasteiger partial charge < -0.3 is 15.4 Å². The number of rotatable bonds is 5. The Bertz CT molecular complexity index is 698. The molecule has 2 amide bonds.